The topological polar surface area (TPSA) is 0 Å². The number of hydrogen-bond donors (Lipinski definition) is 0. The van der Waals surface area contributed by atoms with Gasteiger partial charge in [-0.2, -0.15) is 0 Å². The minimum atomic E-state index is -0.596. The molecule has 0 spiro atoms. The molecule has 0 aliphatic rings. The molecule has 0 aliphatic heterocycles. The van der Waals surface area contributed by atoms with Crippen LogP contribution >= 0.6 is 0 Å². The van der Waals surface area contributed by atoms with Crippen LogP contribution in [0.1, 0.15) is 0 Å². The Morgan fingerprint density at radius 2 is 2.25 bits per heavy atom. The Kier molecular flexibility index (Phi) is 2.81. The first-order chi connectivity index (χ1) is 1.91. The SMILES string of the molecule is C=C[Si]F. The van der Waals surface area contributed by atoms with Crippen molar-refractivity contribution in [1.82, 2.24) is 0 Å². The van der Waals surface area contributed by atoms with E-state index in [-0.39, 0.29) is 0 Å². The summed E-state index contributed by atoms with van der Waals surface area (Å²) >= 11 is 0. The van der Waals surface area contributed by atoms with Crippen LogP contribution in [0.15, 0.2) is 12.3 Å². The Morgan fingerprint density at radius 3 is 2.25 bits per heavy atom. The van der Waals surface area contributed by atoms with Crippen LogP contribution in [0.25, 0.3) is 0 Å². The van der Waals surface area contributed by atoms with Gasteiger partial charge < -0.3 is 4.11 Å². The number of halogens is 1. The lowest BCUT2D eigenvalue weighted by atomic mass is 11.3. The van der Waals surface area contributed by atoms with Crippen LogP contribution in [-0.2, 0) is 0 Å². The van der Waals surface area contributed by atoms with Gasteiger partial charge in [0.05, 0.1) is 0 Å². The molecule has 0 atom stereocenters. The van der Waals surface area contributed by atoms with Crippen LogP contribution in [0.2, 0.25) is 0 Å². The Bertz CT molecular complexity index is 20.0. The third kappa shape index (κ3) is 1.89. The first kappa shape index (κ1) is 3.89. The van der Waals surface area contributed by atoms with Gasteiger partial charge in [0, 0.05) is 0 Å². The summed E-state index contributed by atoms with van der Waals surface area (Å²) in [5.74, 6) is 0. The number of rotatable bonds is 1. The molecule has 0 aromatic carbocycles. The quantitative estimate of drug-likeness (QED) is 0.317. The smallest absolute Gasteiger partial charge is 0.309 e. The van der Waals surface area contributed by atoms with Crippen molar-refractivity contribution < 1.29 is 4.11 Å². The Labute approximate surface area is 27.3 Å². The lowest BCUT2D eigenvalue weighted by Gasteiger charge is -1.48. The third-order valence-electron chi connectivity index (χ3n) is 0.0772. The molecule has 0 saturated carbocycles. The molecule has 0 aromatic heterocycles. The maximum atomic E-state index is 10.6. The normalized spacial score (nSPS) is 6.25. The van der Waals surface area contributed by atoms with E-state index < -0.39 is 9.85 Å². The third-order valence-corrected chi connectivity index (χ3v) is 0.231. The molecule has 0 unspecified atom stereocenters. The summed E-state index contributed by atoms with van der Waals surface area (Å²) in [4.78, 5) is 0. The Morgan fingerprint density at radius 1 is 2.00 bits per heavy atom. The highest BCUT2D eigenvalue weighted by Gasteiger charge is 1.59. The van der Waals surface area contributed by atoms with E-state index in [2.05, 4.69) is 6.58 Å². The summed E-state index contributed by atoms with van der Waals surface area (Å²) in [6, 6.07) is 0. The minimum absolute atomic E-state index is 0.596. The molecule has 4 heavy (non-hydrogen) atoms. The van der Waals surface area contributed by atoms with Crippen LogP contribution in [-0.4, -0.2) is 9.85 Å². The molecular weight excluding hydrogens is 71.1 g/mol. The fraction of sp³-hybridized carbons (Fsp3) is 0. The van der Waals surface area contributed by atoms with Crippen molar-refractivity contribution in [2.45, 2.75) is 0 Å². The van der Waals surface area contributed by atoms with Gasteiger partial charge in [-0.15, -0.1) is 6.58 Å². The van der Waals surface area contributed by atoms with Crippen LogP contribution in [0.4, 0.5) is 4.11 Å². The number of hydrogen-bond acceptors (Lipinski definition) is 0. The Hall–Kier alpha value is -0.113. The van der Waals surface area contributed by atoms with Crippen molar-refractivity contribution in [3.8, 4) is 0 Å². The molecule has 0 saturated heterocycles. The molecule has 0 bridgehead atoms. The van der Waals surface area contributed by atoms with Gasteiger partial charge in [0.1, 0.15) is 0 Å². The zero-order chi connectivity index (χ0) is 3.41. The van der Waals surface area contributed by atoms with Gasteiger partial charge in [-0.05, 0) is 0 Å². The van der Waals surface area contributed by atoms with Crippen molar-refractivity contribution in [2.75, 3.05) is 0 Å². The van der Waals surface area contributed by atoms with E-state index in [9.17, 15) is 4.11 Å². The highest BCUT2D eigenvalue weighted by Crippen LogP contribution is 1.52. The zero-order valence-corrected chi connectivity index (χ0v) is 3.16. The standard InChI is InChI=1S/C2H3FSi/c1-2-4-3/h2H,1H2. The van der Waals surface area contributed by atoms with E-state index >= 15 is 0 Å². The van der Waals surface area contributed by atoms with Gasteiger partial charge in [-0.25, -0.2) is 0 Å². The van der Waals surface area contributed by atoms with E-state index in [4.69, 9.17) is 0 Å². The summed E-state index contributed by atoms with van der Waals surface area (Å²) in [6.45, 7) is 3.12. The van der Waals surface area contributed by atoms with E-state index in [0.717, 1.165) is 0 Å². The van der Waals surface area contributed by atoms with Gasteiger partial charge in [0.25, 0.3) is 0 Å². The van der Waals surface area contributed by atoms with E-state index in [1.807, 2.05) is 0 Å². The van der Waals surface area contributed by atoms with Crippen molar-refractivity contribution in [3.63, 3.8) is 0 Å². The van der Waals surface area contributed by atoms with Crippen molar-refractivity contribution in [2.24, 2.45) is 0 Å². The van der Waals surface area contributed by atoms with Crippen LogP contribution in [0.5, 0.6) is 0 Å². The van der Waals surface area contributed by atoms with Gasteiger partial charge in [0.15, 0.2) is 0 Å². The second-order valence-corrected chi connectivity index (χ2v) is 0.940. The fourth-order valence-corrected chi connectivity index (χ4v) is 0. The maximum absolute atomic E-state index is 10.6. The Balaban J connectivity index is 2.30. The van der Waals surface area contributed by atoms with Crippen molar-refractivity contribution in [3.05, 3.63) is 12.3 Å². The molecule has 2 radical (unpaired) electrons. The summed E-state index contributed by atoms with van der Waals surface area (Å²) in [6.07, 6.45) is 0. The monoisotopic (exact) mass is 74.0 g/mol. The van der Waals surface area contributed by atoms with E-state index in [1.54, 1.807) is 0 Å². The van der Waals surface area contributed by atoms with E-state index in [1.165, 1.54) is 5.70 Å². The van der Waals surface area contributed by atoms with Crippen molar-refractivity contribution in [1.29, 1.82) is 0 Å². The molecule has 22 valence electrons. The second-order valence-electron chi connectivity index (χ2n) is 0.313. The summed E-state index contributed by atoms with van der Waals surface area (Å²) in [5.41, 5.74) is 1.24. The second kappa shape index (κ2) is 2.89. The molecule has 0 fully saturated rings. The minimum Gasteiger partial charge on any atom is -0.309 e. The molecule has 0 aromatic rings. The molecule has 0 nitrogen and oxygen atoms in total. The molecule has 2 heteroatoms. The molecule has 0 aliphatic carbocycles. The molecule has 0 rings (SSSR count). The van der Waals surface area contributed by atoms with Crippen LogP contribution < -0.4 is 0 Å². The lowest BCUT2D eigenvalue weighted by Crippen LogP contribution is -1.57. The highest BCUT2D eigenvalue weighted by atomic mass is 28.3. The van der Waals surface area contributed by atoms with Crippen LogP contribution in [0, 0.1) is 0 Å². The van der Waals surface area contributed by atoms with E-state index in [0.29, 0.717) is 0 Å². The van der Waals surface area contributed by atoms with Crippen LogP contribution in [0.3, 0.4) is 0 Å². The summed E-state index contributed by atoms with van der Waals surface area (Å²) in [5, 5.41) is 0. The van der Waals surface area contributed by atoms with Gasteiger partial charge in [-0.3, -0.25) is 0 Å². The van der Waals surface area contributed by atoms with Gasteiger partial charge in [0.2, 0.25) is 0 Å². The highest BCUT2D eigenvalue weighted by molar-refractivity contribution is 6.33. The molecular formula is C2H3FSi. The molecule has 0 N–H and O–H groups in total. The van der Waals surface area contributed by atoms with Gasteiger partial charge in [-0.1, -0.05) is 5.70 Å². The fourth-order valence-electron chi connectivity index (χ4n) is 0. The largest absolute Gasteiger partial charge is 0.325 e. The average Bonchev–Trinajstić information content (AvgIpc) is 1.37. The average molecular weight is 74.1 g/mol. The molecule has 0 heterocycles. The van der Waals surface area contributed by atoms with Gasteiger partial charge >= 0.3 is 9.85 Å². The summed E-state index contributed by atoms with van der Waals surface area (Å²) in [7, 11) is -0.596. The predicted molar refractivity (Wildman–Crippen MR) is 17.1 cm³/mol. The summed E-state index contributed by atoms with van der Waals surface area (Å²) < 4.78 is 10.6. The van der Waals surface area contributed by atoms with Crippen molar-refractivity contribution >= 4 is 9.85 Å². The first-order valence-corrected chi connectivity index (χ1v) is 1.84. The first-order valence-electron chi connectivity index (χ1n) is 0.886. The zero-order valence-electron chi connectivity index (χ0n) is 2.16. The molecule has 0 amide bonds. The maximum Gasteiger partial charge on any atom is 0.325 e. The predicted octanol–water partition coefficient (Wildman–Crippen LogP) is 0.719. The lowest BCUT2D eigenvalue weighted by molar-refractivity contribution is 0.884.